The van der Waals surface area contributed by atoms with Crippen molar-refractivity contribution in [1.29, 1.82) is 0 Å². The minimum Gasteiger partial charge on any atom is -0.421 e. The van der Waals surface area contributed by atoms with Crippen LogP contribution in [0.2, 0.25) is 0 Å². The fourth-order valence-corrected chi connectivity index (χ4v) is 3.17. The average molecular weight is 366 g/mol. The summed E-state index contributed by atoms with van der Waals surface area (Å²) in [5.74, 6) is -0.542. The second kappa shape index (κ2) is 7.82. The van der Waals surface area contributed by atoms with Crippen LogP contribution in [0.25, 0.3) is 10.9 Å². The molecule has 1 saturated heterocycles. The van der Waals surface area contributed by atoms with Gasteiger partial charge >= 0.3 is 5.97 Å². The van der Waals surface area contributed by atoms with Crippen LogP contribution in [-0.4, -0.2) is 42.2 Å². The number of carbonyl (C=O) groups is 1. The number of pyridine rings is 1. The second-order valence-electron chi connectivity index (χ2n) is 6.41. The molecule has 4 rings (SSSR count). The van der Waals surface area contributed by atoms with E-state index in [4.69, 9.17) is 9.47 Å². The number of esters is 1. The Balaban J connectivity index is 1.61. The van der Waals surface area contributed by atoms with E-state index in [2.05, 4.69) is 9.88 Å². The third-order valence-corrected chi connectivity index (χ3v) is 4.60. The van der Waals surface area contributed by atoms with Gasteiger partial charge in [0.25, 0.3) is 0 Å². The highest BCUT2D eigenvalue weighted by molar-refractivity contribution is 5.95. The summed E-state index contributed by atoms with van der Waals surface area (Å²) in [6, 6.07) is 12.9. The summed E-state index contributed by atoms with van der Waals surface area (Å²) in [6.45, 7) is 4.05. The molecule has 0 atom stereocenters. The standard InChI is InChI=1S/C21H19FN2O3/c22-17-6-3-15(4-7-17)21(25)27-19-8-5-16(14-24-10-12-26-13-11-24)18-2-1-9-23-20(18)19/h1-9H,10-14H2. The normalized spacial score (nSPS) is 15.0. The maximum Gasteiger partial charge on any atom is 0.343 e. The molecule has 27 heavy (non-hydrogen) atoms. The molecule has 0 spiro atoms. The first-order valence-electron chi connectivity index (χ1n) is 8.85. The molecule has 5 nitrogen and oxygen atoms in total. The molecule has 3 aromatic rings. The molecular formula is C21H19FN2O3. The smallest absolute Gasteiger partial charge is 0.343 e. The number of carbonyl (C=O) groups excluding carboxylic acids is 1. The first-order chi connectivity index (χ1) is 13.2. The molecule has 2 aromatic carbocycles. The molecule has 1 aliphatic rings. The van der Waals surface area contributed by atoms with Crippen LogP contribution < -0.4 is 4.74 Å². The molecule has 138 valence electrons. The Morgan fingerprint density at radius 2 is 1.89 bits per heavy atom. The molecule has 1 aromatic heterocycles. The van der Waals surface area contributed by atoms with E-state index in [0.717, 1.165) is 43.8 Å². The van der Waals surface area contributed by atoms with Crippen molar-refractivity contribution in [1.82, 2.24) is 9.88 Å². The molecule has 0 aliphatic carbocycles. The molecule has 1 aliphatic heterocycles. The lowest BCUT2D eigenvalue weighted by molar-refractivity contribution is 0.0343. The van der Waals surface area contributed by atoms with Crippen molar-refractivity contribution < 1.29 is 18.7 Å². The third-order valence-electron chi connectivity index (χ3n) is 4.60. The topological polar surface area (TPSA) is 51.7 Å². The van der Waals surface area contributed by atoms with Crippen LogP contribution in [0, 0.1) is 5.82 Å². The number of halogens is 1. The molecule has 0 unspecified atom stereocenters. The van der Waals surface area contributed by atoms with Gasteiger partial charge in [0.05, 0.1) is 18.8 Å². The van der Waals surface area contributed by atoms with Gasteiger partial charge in [-0.15, -0.1) is 0 Å². The third kappa shape index (κ3) is 3.97. The van der Waals surface area contributed by atoms with Gasteiger partial charge in [-0.05, 0) is 42.0 Å². The number of hydrogen-bond acceptors (Lipinski definition) is 5. The number of ether oxygens (including phenoxy) is 2. The van der Waals surface area contributed by atoms with Crippen molar-refractivity contribution in [2.75, 3.05) is 26.3 Å². The lowest BCUT2D eigenvalue weighted by atomic mass is 10.1. The van der Waals surface area contributed by atoms with Crippen LogP contribution in [0.5, 0.6) is 5.75 Å². The van der Waals surface area contributed by atoms with Gasteiger partial charge in [0.15, 0.2) is 5.75 Å². The molecular weight excluding hydrogens is 347 g/mol. The maximum absolute atomic E-state index is 13.0. The zero-order valence-electron chi connectivity index (χ0n) is 14.7. The predicted molar refractivity (Wildman–Crippen MR) is 99.2 cm³/mol. The fraction of sp³-hybridized carbons (Fsp3) is 0.238. The van der Waals surface area contributed by atoms with Crippen LogP contribution in [0.15, 0.2) is 54.7 Å². The average Bonchev–Trinajstić information content (AvgIpc) is 2.71. The Bertz CT molecular complexity index is 953. The van der Waals surface area contributed by atoms with Gasteiger partial charge in [0, 0.05) is 31.2 Å². The van der Waals surface area contributed by atoms with Gasteiger partial charge in [-0.25, -0.2) is 9.18 Å². The molecule has 1 fully saturated rings. The summed E-state index contributed by atoms with van der Waals surface area (Å²) < 4.78 is 24.0. The minimum atomic E-state index is -0.539. The van der Waals surface area contributed by atoms with Crippen molar-refractivity contribution >= 4 is 16.9 Å². The molecule has 0 amide bonds. The first kappa shape index (κ1) is 17.6. The van der Waals surface area contributed by atoms with E-state index in [1.54, 1.807) is 12.3 Å². The Morgan fingerprint density at radius 1 is 1.11 bits per heavy atom. The van der Waals surface area contributed by atoms with Crippen LogP contribution in [0.3, 0.4) is 0 Å². The van der Waals surface area contributed by atoms with Crippen molar-refractivity contribution in [2.45, 2.75) is 6.54 Å². The Hall–Kier alpha value is -2.83. The van der Waals surface area contributed by atoms with Crippen molar-refractivity contribution in [3.8, 4) is 5.75 Å². The number of hydrogen-bond donors (Lipinski definition) is 0. The second-order valence-corrected chi connectivity index (χ2v) is 6.41. The number of nitrogens with zero attached hydrogens (tertiary/aromatic N) is 2. The summed E-state index contributed by atoms with van der Waals surface area (Å²) in [7, 11) is 0. The molecule has 0 radical (unpaired) electrons. The molecule has 0 saturated carbocycles. The van der Waals surface area contributed by atoms with E-state index in [-0.39, 0.29) is 5.56 Å². The number of morpholine rings is 1. The zero-order chi connectivity index (χ0) is 18.6. The van der Waals surface area contributed by atoms with Crippen molar-refractivity contribution in [3.05, 3.63) is 71.7 Å². The molecule has 0 bridgehead atoms. The fourth-order valence-electron chi connectivity index (χ4n) is 3.17. The SMILES string of the molecule is O=C(Oc1ccc(CN2CCOCC2)c2cccnc12)c1ccc(F)cc1. The van der Waals surface area contributed by atoms with Crippen LogP contribution >= 0.6 is 0 Å². The monoisotopic (exact) mass is 366 g/mol. The number of rotatable bonds is 4. The zero-order valence-corrected chi connectivity index (χ0v) is 14.7. The maximum atomic E-state index is 13.0. The van der Waals surface area contributed by atoms with Crippen LogP contribution in [0.1, 0.15) is 15.9 Å². The summed E-state index contributed by atoms with van der Waals surface area (Å²) in [4.78, 5) is 19.1. The van der Waals surface area contributed by atoms with E-state index in [1.807, 2.05) is 18.2 Å². The van der Waals surface area contributed by atoms with Crippen molar-refractivity contribution in [2.24, 2.45) is 0 Å². The van der Waals surface area contributed by atoms with Gasteiger partial charge < -0.3 is 9.47 Å². The quantitative estimate of drug-likeness (QED) is 0.523. The lowest BCUT2D eigenvalue weighted by Gasteiger charge is -2.27. The molecule has 0 N–H and O–H groups in total. The van der Waals surface area contributed by atoms with Gasteiger partial charge in [0.1, 0.15) is 11.3 Å². The summed E-state index contributed by atoms with van der Waals surface area (Å²) in [5.41, 5.74) is 2.05. The van der Waals surface area contributed by atoms with E-state index in [0.29, 0.717) is 11.3 Å². The van der Waals surface area contributed by atoms with Crippen LogP contribution in [-0.2, 0) is 11.3 Å². The van der Waals surface area contributed by atoms with Gasteiger partial charge in [0.2, 0.25) is 0 Å². The number of aromatic nitrogens is 1. The van der Waals surface area contributed by atoms with Gasteiger partial charge in [-0.2, -0.15) is 0 Å². The van der Waals surface area contributed by atoms with Gasteiger partial charge in [-0.3, -0.25) is 9.88 Å². The number of benzene rings is 2. The Morgan fingerprint density at radius 3 is 2.67 bits per heavy atom. The number of fused-ring (bicyclic) bond motifs is 1. The molecule has 6 heteroatoms. The van der Waals surface area contributed by atoms with E-state index < -0.39 is 11.8 Å². The minimum absolute atomic E-state index is 0.290. The van der Waals surface area contributed by atoms with E-state index in [9.17, 15) is 9.18 Å². The summed E-state index contributed by atoms with van der Waals surface area (Å²) in [5, 5.41) is 0.952. The predicted octanol–water partition coefficient (Wildman–Crippen LogP) is 3.43. The van der Waals surface area contributed by atoms with Gasteiger partial charge in [-0.1, -0.05) is 12.1 Å². The Kier molecular flexibility index (Phi) is 5.09. The van der Waals surface area contributed by atoms with Crippen LogP contribution in [0.4, 0.5) is 4.39 Å². The highest BCUT2D eigenvalue weighted by Crippen LogP contribution is 2.28. The largest absolute Gasteiger partial charge is 0.421 e. The summed E-state index contributed by atoms with van der Waals surface area (Å²) in [6.07, 6.45) is 1.68. The van der Waals surface area contributed by atoms with E-state index in [1.165, 1.54) is 24.3 Å². The highest BCUT2D eigenvalue weighted by Gasteiger charge is 2.16. The van der Waals surface area contributed by atoms with Crippen molar-refractivity contribution in [3.63, 3.8) is 0 Å². The highest BCUT2D eigenvalue weighted by atomic mass is 19.1. The summed E-state index contributed by atoms with van der Waals surface area (Å²) >= 11 is 0. The lowest BCUT2D eigenvalue weighted by Crippen LogP contribution is -2.35. The van der Waals surface area contributed by atoms with E-state index >= 15 is 0 Å². The Labute approximate surface area is 156 Å². The molecule has 2 heterocycles. The first-order valence-corrected chi connectivity index (χ1v) is 8.85.